The van der Waals surface area contributed by atoms with E-state index in [-0.39, 0.29) is 24.9 Å². The van der Waals surface area contributed by atoms with Crippen LogP contribution in [0.4, 0.5) is 13.2 Å². The van der Waals surface area contributed by atoms with Crippen LogP contribution >= 0.6 is 0 Å². The van der Waals surface area contributed by atoms with Gasteiger partial charge in [-0.25, -0.2) is 0 Å². The van der Waals surface area contributed by atoms with E-state index < -0.39 is 12.2 Å². The van der Waals surface area contributed by atoms with Gasteiger partial charge in [0.15, 0.2) is 0 Å². The summed E-state index contributed by atoms with van der Waals surface area (Å²) in [5.74, 6) is -0.232. The zero-order valence-corrected chi connectivity index (χ0v) is 12.1. The van der Waals surface area contributed by atoms with E-state index in [0.29, 0.717) is 12.0 Å². The van der Waals surface area contributed by atoms with Gasteiger partial charge in [0.1, 0.15) is 6.04 Å². The monoisotopic (exact) mass is 300 g/mol. The summed E-state index contributed by atoms with van der Waals surface area (Å²) in [4.78, 5) is 12.2. The van der Waals surface area contributed by atoms with Crippen molar-refractivity contribution in [3.63, 3.8) is 0 Å². The van der Waals surface area contributed by atoms with Crippen molar-refractivity contribution >= 4 is 5.91 Å². The van der Waals surface area contributed by atoms with Crippen LogP contribution in [0.1, 0.15) is 34.3 Å². The third-order valence-corrected chi connectivity index (χ3v) is 3.77. The van der Waals surface area contributed by atoms with Crippen molar-refractivity contribution in [3.8, 4) is 0 Å². The number of aryl methyl sites for hydroxylation is 2. The van der Waals surface area contributed by atoms with Crippen LogP contribution in [0.2, 0.25) is 0 Å². The quantitative estimate of drug-likeness (QED) is 0.882. The number of alkyl halides is 3. The molecule has 1 aliphatic heterocycles. The Bertz CT molecular complexity index is 520. The molecular formula is C15H19F3N2O. The summed E-state index contributed by atoms with van der Waals surface area (Å²) in [6.07, 6.45) is -3.91. The molecule has 1 aromatic carbocycles. The number of carbonyl (C=O) groups excluding carboxylic acids is 1. The normalized spacial score (nSPS) is 22.9. The van der Waals surface area contributed by atoms with Crippen molar-refractivity contribution in [3.05, 3.63) is 34.9 Å². The zero-order chi connectivity index (χ0) is 15.6. The van der Waals surface area contributed by atoms with Crippen molar-refractivity contribution < 1.29 is 18.0 Å². The second-order valence-electron chi connectivity index (χ2n) is 5.57. The first kappa shape index (κ1) is 15.8. The number of carbonyl (C=O) groups is 1. The molecule has 2 atom stereocenters. The van der Waals surface area contributed by atoms with Gasteiger partial charge in [-0.3, -0.25) is 4.79 Å². The average molecular weight is 300 g/mol. The maximum absolute atomic E-state index is 12.5. The van der Waals surface area contributed by atoms with Crippen LogP contribution < -0.4 is 10.6 Å². The van der Waals surface area contributed by atoms with E-state index >= 15 is 0 Å². The molecule has 2 unspecified atom stereocenters. The lowest BCUT2D eigenvalue weighted by molar-refractivity contribution is -0.160. The molecule has 0 radical (unpaired) electrons. The second kappa shape index (κ2) is 6.05. The Hall–Kier alpha value is -1.56. The van der Waals surface area contributed by atoms with Crippen LogP contribution in [0.5, 0.6) is 0 Å². The fourth-order valence-electron chi connectivity index (χ4n) is 2.59. The van der Waals surface area contributed by atoms with Crippen molar-refractivity contribution in [1.29, 1.82) is 0 Å². The van der Waals surface area contributed by atoms with E-state index in [1.165, 1.54) is 0 Å². The number of nitrogens with one attached hydrogen (secondary N) is 2. The van der Waals surface area contributed by atoms with Crippen LogP contribution in [-0.4, -0.2) is 30.7 Å². The molecule has 1 fully saturated rings. The first-order valence-electron chi connectivity index (χ1n) is 6.95. The maximum atomic E-state index is 12.5. The Labute approximate surface area is 121 Å². The molecule has 3 nitrogen and oxygen atoms in total. The van der Waals surface area contributed by atoms with Gasteiger partial charge in [0.25, 0.3) is 5.91 Å². The molecule has 0 aliphatic carbocycles. The lowest BCUT2D eigenvalue weighted by Gasteiger charge is -2.31. The number of benzene rings is 1. The zero-order valence-electron chi connectivity index (χ0n) is 12.1. The summed E-state index contributed by atoms with van der Waals surface area (Å²) in [6.45, 7) is 3.93. The lowest BCUT2D eigenvalue weighted by atomic mass is 9.99. The van der Waals surface area contributed by atoms with Gasteiger partial charge >= 0.3 is 6.18 Å². The number of piperidine rings is 1. The predicted molar refractivity (Wildman–Crippen MR) is 74.2 cm³/mol. The van der Waals surface area contributed by atoms with E-state index in [1.807, 2.05) is 26.0 Å². The molecule has 116 valence electrons. The highest BCUT2D eigenvalue weighted by molar-refractivity contribution is 5.95. The summed E-state index contributed by atoms with van der Waals surface area (Å²) in [7, 11) is 0. The van der Waals surface area contributed by atoms with E-state index in [2.05, 4.69) is 10.6 Å². The molecule has 1 saturated heterocycles. The predicted octanol–water partition coefficient (Wildman–Crippen LogP) is 2.72. The standard InChI is InChI=1S/C15H19F3N2O/c1-9-3-5-12(10(2)7-9)14(21)20-11-4-6-13(19-8-11)15(16,17)18/h3,5,7,11,13,19H,4,6,8H2,1-2H3,(H,20,21). The molecule has 0 saturated carbocycles. The van der Waals surface area contributed by atoms with Crippen molar-refractivity contribution in [1.82, 2.24) is 10.6 Å². The minimum Gasteiger partial charge on any atom is -0.348 e. The highest BCUT2D eigenvalue weighted by Crippen LogP contribution is 2.26. The van der Waals surface area contributed by atoms with E-state index in [1.54, 1.807) is 6.07 Å². The Kier molecular flexibility index (Phi) is 4.56. The SMILES string of the molecule is Cc1ccc(C(=O)NC2CCC(C(F)(F)F)NC2)c(C)c1. The first-order chi connectivity index (χ1) is 9.77. The molecule has 21 heavy (non-hydrogen) atoms. The molecule has 0 aromatic heterocycles. The third kappa shape index (κ3) is 3.97. The summed E-state index contributed by atoms with van der Waals surface area (Å²) < 4.78 is 37.6. The summed E-state index contributed by atoms with van der Waals surface area (Å²) in [5.41, 5.74) is 2.50. The van der Waals surface area contributed by atoms with Crippen LogP contribution in [0.3, 0.4) is 0 Å². The topological polar surface area (TPSA) is 41.1 Å². The van der Waals surface area contributed by atoms with Crippen molar-refractivity contribution in [2.75, 3.05) is 6.54 Å². The van der Waals surface area contributed by atoms with Gasteiger partial charge in [-0.1, -0.05) is 17.7 Å². The van der Waals surface area contributed by atoms with Gasteiger partial charge < -0.3 is 10.6 Å². The molecule has 6 heteroatoms. The molecule has 2 rings (SSSR count). The van der Waals surface area contributed by atoms with Crippen LogP contribution in [0.25, 0.3) is 0 Å². The second-order valence-corrected chi connectivity index (χ2v) is 5.57. The molecule has 1 aromatic rings. The van der Waals surface area contributed by atoms with Crippen LogP contribution in [-0.2, 0) is 0 Å². The number of hydrogen-bond acceptors (Lipinski definition) is 2. The molecule has 1 heterocycles. The highest BCUT2D eigenvalue weighted by atomic mass is 19.4. The van der Waals surface area contributed by atoms with Gasteiger partial charge in [0.2, 0.25) is 0 Å². The number of halogens is 3. The third-order valence-electron chi connectivity index (χ3n) is 3.77. The van der Waals surface area contributed by atoms with Crippen LogP contribution in [0.15, 0.2) is 18.2 Å². The minimum atomic E-state index is -4.22. The molecule has 0 bridgehead atoms. The van der Waals surface area contributed by atoms with Gasteiger partial charge in [0, 0.05) is 18.2 Å². The molecule has 1 aliphatic rings. The lowest BCUT2D eigenvalue weighted by Crippen LogP contribution is -2.54. The van der Waals surface area contributed by atoms with Crippen LogP contribution in [0, 0.1) is 13.8 Å². The molecular weight excluding hydrogens is 281 g/mol. The fraction of sp³-hybridized carbons (Fsp3) is 0.533. The van der Waals surface area contributed by atoms with Gasteiger partial charge in [-0.2, -0.15) is 13.2 Å². The molecule has 0 spiro atoms. The minimum absolute atomic E-state index is 0.0126. The van der Waals surface area contributed by atoms with Gasteiger partial charge in [0.05, 0.1) is 0 Å². The largest absolute Gasteiger partial charge is 0.403 e. The summed E-state index contributed by atoms with van der Waals surface area (Å²) in [5, 5.41) is 5.25. The highest BCUT2D eigenvalue weighted by Gasteiger charge is 2.41. The average Bonchev–Trinajstić information content (AvgIpc) is 2.38. The molecule has 1 amide bonds. The van der Waals surface area contributed by atoms with Crippen molar-refractivity contribution in [2.24, 2.45) is 0 Å². The van der Waals surface area contributed by atoms with Gasteiger partial charge in [-0.15, -0.1) is 0 Å². The smallest absolute Gasteiger partial charge is 0.348 e. The summed E-state index contributed by atoms with van der Waals surface area (Å²) >= 11 is 0. The Morgan fingerprint density at radius 1 is 1.29 bits per heavy atom. The number of amides is 1. The van der Waals surface area contributed by atoms with Crippen molar-refractivity contribution in [2.45, 2.75) is 44.9 Å². The van der Waals surface area contributed by atoms with E-state index in [9.17, 15) is 18.0 Å². The maximum Gasteiger partial charge on any atom is 0.403 e. The Balaban J connectivity index is 1.93. The van der Waals surface area contributed by atoms with E-state index in [4.69, 9.17) is 0 Å². The van der Waals surface area contributed by atoms with E-state index in [0.717, 1.165) is 11.1 Å². The summed E-state index contributed by atoms with van der Waals surface area (Å²) in [6, 6.07) is 3.77. The van der Waals surface area contributed by atoms with Gasteiger partial charge in [-0.05, 0) is 38.3 Å². The fourth-order valence-corrected chi connectivity index (χ4v) is 2.59. The number of hydrogen-bond donors (Lipinski definition) is 2. The molecule has 2 N–H and O–H groups in total. The Morgan fingerprint density at radius 2 is 2.00 bits per heavy atom. The Morgan fingerprint density at radius 3 is 2.52 bits per heavy atom. The number of rotatable bonds is 2. The first-order valence-corrected chi connectivity index (χ1v) is 6.95.